The van der Waals surface area contributed by atoms with Crippen LogP contribution in [0.5, 0.6) is 0 Å². The molecule has 0 bridgehead atoms. The molecule has 2 aromatic carbocycles. The fourth-order valence-corrected chi connectivity index (χ4v) is 3.23. The van der Waals surface area contributed by atoms with Crippen LogP contribution in [0.15, 0.2) is 42.5 Å². The van der Waals surface area contributed by atoms with Crippen LogP contribution in [0.3, 0.4) is 0 Å². The summed E-state index contributed by atoms with van der Waals surface area (Å²) in [5.41, 5.74) is 1.24. The molecular weight excluding hydrogens is 423 g/mol. The number of amides is 1. The summed E-state index contributed by atoms with van der Waals surface area (Å²) in [6.45, 7) is 4.68. The number of anilines is 4. The third-order valence-corrected chi connectivity index (χ3v) is 4.85. The second-order valence-corrected chi connectivity index (χ2v) is 7.17. The number of nitrogens with zero attached hydrogens (tertiary/aromatic N) is 3. The number of benzene rings is 2. The predicted octanol–water partition coefficient (Wildman–Crippen LogP) is 4.03. The van der Waals surface area contributed by atoms with Crippen LogP contribution in [-0.4, -0.2) is 42.2 Å². The Bertz CT molecular complexity index is 1140. The van der Waals surface area contributed by atoms with Gasteiger partial charge in [0.15, 0.2) is 17.5 Å². The first kappa shape index (κ1) is 21.6. The second-order valence-electron chi connectivity index (χ2n) is 7.17. The summed E-state index contributed by atoms with van der Waals surface area (Å²) in [5.74, 6) is -4.24. The van der Waals surface area contributed by atoms with Gasteiger partial charge in [-0.1, -0.05) is 0 Å². The molecule has 0 saturated carbocycles. The zero-order valence-corrected chi connectivity index (χ0v) is 17.2. The van der Waals surface area contributed by atoms with Gasteiger partial charge in [-0.2, -0.15) is 4.98 Å². The number of carbonyl (C=O) groups excluding carboxylic acids is 1. The number of morpholine rings is 1. The van der Waals surface area contributed by atoms with E-state index in [0.29, 0.717) is 36.6 Å². The molecule has 1 aliphatic heterocycles. The van der Waals surface area contributed by atoms with E-state index >= 15 is 0 Å². The summed E-state index contributed by atoms with van der Waals surface area (Å²) in [5, 5.41) is 5.57. The summed E-state index contributed by atoms with van der Waals surface area (Å²) in [6.07, 6.45) is 0. The molecule has 0 atom stereocenters. The first-order valence-electron chi connectivity index (χ1n) is 9.91. The van der Waals surface area contributed by atoms with Gasteiger partial charge in [0.05, 0.1) is 18.8 Å². The molecule has 7 nitrogen and oxygen atoms in total. The SMILES string of the molecule is Cc1cc(N2CCOCC2)nc(Nc2ccc(NC(=O)c3ccc(F)c(F)c3F)cc2)n1. The molecule has 1 aliphatic rings. The molecule has 2 N–H and O–H groups in total. The Balaban J connectivity index is 1.45. The maximum atomic E-state index is 13.8. The van der Waals surface area contributed by atoms with Crippen molar-refractivity contribution in [2.75, 3.05) is 41.8 Å². The lowest BCUT2D eigenvalue weighted by Gasteiger charge is -2.28. The second kappa shape index (κ2) is 9.23. The zero-order valence-electron chi connectivity index (χ0n) is 17.2. The maximum absolute atomic E-state index is 13.8. The lowest BCUT2D eigenvalue weighted by atomic mass is 10.1. The van der Waals surface area contributed by atoms with Crippen LogP contribution in [0, 0.1) is 24.4 Å². The van der Waals surface area contributed by atoms with Crippen molar-refractivity contribution in [3.05, 3.63) is 71.2 Å². The van der Waals surface area contributed by atoms with Crippen LogP contribution >= 0.6 is 0 Å². The van der Waals surface area contributed by atoms with Crippen molar-refractivity contribution in [2.24, 2.45) is 0 Å². The number of hydrogen-bond acceptors (Lipinski definition) is 6. The van der Waals surface area contributed by atoms with Crippen molar-refractivity contribution >= 4 is 29.0 Å². The minimum absolute atomic E-state index is 0.351. The molecule has 1 fully saturated rings. The molecule has 4 rings (SSSR count). The fourth-order valence-electron chi connectivity index (χ4n) is 3.23. The number of carbonyl (C=O) groups is 1. The van der Waals surface area contributed by atoms with E-state index in [-0.39, 0.29) is 0 Å². The monoisotopic (exact) mass is 443 g/mol. The van der Waals surface area contributed by atoms with E-state index in [4.69, 9.17) is 4.74 Å². The van der Waals surface area contributed by atoms with Gasteiger partial charge in [0, 0.05) is 36.2 Å². The number of rotatable bonds is 5. The number of hydrogen-bond donors (Lipinski definition) is 2. The van der Waals surface area contributed by atoms with E-state index in [1.54, 1.807) is 24.3 Å². The van der Waals surface area contributed by atoms with Crippen LogP contribution in [0.1, 0.15) is 16.1 Å². The lowest BCUT2D eigenvalue weighted by Crippen LogP contribution is -2.36. The number of nitrogens with one attached hydrogen (secondary N) is 2. The van der Waals surface area contributed by atoms with E-state index in [2.05, 4.69) is 25.5 Å². The highest BCUT2D eigenvalue weighted by molar-refractivity contribution is 6.04. The first-order valence-corrected chi connectivity index (χ1v) is 9.91. The van der Waals surface area contributed by atoms with Crippen LogP contribution in [-0.2, 0) is 4.74 Å². The van der Waals surface area contributed by atoms with Crippen molar-refractivity contribution < 1.29 is 22.7 Å². The molecule has 2 heterocycles. The first-order chi connectivity index (χ1) is 15.4. The molecule has 0 radical (unpaired) electrons. The van der Waals surface area contributed by atoms with E-state index in [9.17, 15) is 18.0 Å². The van der Waals surface area contributed by atoms with Gasteiger partial charge in [0.2, 0.25) is 5.95 Å². The largest absolute Gasteiger partial charge is 0.378 e. The van der Waals surface area contributed by atoms with Crippen LogP contribution in [0.2, 0.25) is 0 Å². The molecule has 32 heavy (non-hydrogen) atoms. The molecule has 10 heteroatoms. The van der Waals surface area contributed by atoms with Gasteiger partial charge in [-0.05, 0) is 43.3 Å². The normalized spacial score (nSPS) is 13.7. The maximum Gasteiger partial charge on any atom is 0.258 e. The third-order valence-electron chi connectivity index (χ3n) is 4.85. The molecule has 1 amide bonds. The summed E-state index contributed by atoms with van der Waals surface area (Å²) in [4.78, 5) is 23.3. The molecule has 3 aromatic rings. The average molecular weight is 443 g/mol. The standard InChI is InChI=1S/C22H20F3N5O2/c1-13-12-18(30-8-10-32-11-9-30)29-22(26-13)28-15-4-2-14(3-5-15)27-21(31)16-6-7-17(23)20(25)19(16)24/h2-7,12H,8-11H2,1H3,(H,27,31)(H,26,28,29). The molecular formula is C22H20F3N5O2. The molecule has 0 unspecified atom stereocenters. The Hall–Kier alpha value is -3.66. The van der Waals surface area contributed by atoms with Crippen LogP contribution < -0.4 is 15.5 Å². The smallest absolute Gasteiger partial charge is 0.258 e. The van der Waals surface area contributed by atoms with Gasteiger partial charge in [-0.15, -0.1) is 0 Å². The highest BCUT2D eigenvalue weighted by atomic mass is 19.2. The van der Waals surface area contributed by atoms with Gasteiger partial charge < -0.3 is 20.3 Å². The van der Waals surface area contributed by atoms with Gasteiger partial charge in [-0.25, -0.2) is 18.2 Å². The van der Waals surface area contributed by atoms with Gasteiger partial charge in [0.1, 0.15) is 5.82 Å². The van der Waals surface area contributed by atoms with E-state index in [1.165, 1.54) is 0 Å². The van der Waals surface area contributed by atoms with Crippen molar-refractivity contribution in [3.8, 4) is 0 Å². The summed E-state index contributed by atoms with van der Waals surface area (Å²) >= 11 is 0. The van der Waals surface area contributed by atoms with Gasteiger partial charge in [-0.3, -0.25) is 4.79 Å². The van der Waals surface area contributed by atoms with Crippen molar-refractivity contribution in [1.29, 1.82) is 0 Å². The summed E-state index contributed by atoms with van der Waals surface area (Å²) in [7, 11) is 0. The Morgan fingerprint density at radius 2 is 1.66 bits per heavy atom. The van der Waals surface area contributed by atoms with E-state index in [0.717, 1.165) is 30.7 Å². The molecule has 1 saturated heterocycles. The van der Waals surface area contributed by atoms with Crippen molar-refractivity contribution in [1.82, 2.24) is 9.97 Å². The number of aryl methyl sites for hydroxylation is 1. The molecule has 1 aromatic heterocycles. The van der Waals surface area contributed by atoms with Crippen molar-refractivity contribution in [3.63, 3.8) is 0 Å². The minimum atomic E-state index is -1.69. The summed E-state index contributed by atoms with van der Waals surface area (Å²) < 4.78 is 45.6. The Morgan fingerprint density at radius 3 is 2.38 bits per heavy atom. The van der Waals surface area contributed by atoms with E-state index in [1.807, 2.05) is 13.0 Å². The molecule has 0 aliphatic carbocycles. The summed E-state index contributed by atoms with van der Waals surface area (Å²) in [6, 6.07) is 10.0. The topological polar surface area (TPSA) is 79.4 Å². The Morgan fingerprint density at radius 1 is 0.969 bits per heavy atom. The highest BCUT2D eigenvalue weighted by Gasteiger charge is 2.19. The van der Waals surface area contributed by atoms with Crippen LogP contribution in [0.4, 0.5) is 36.3 Å². The average Bonchev–Trinajstić information content (AvgIpc) is 2.79. The van der Waals surface area contributed by atoms with Crippen molar-refractivity contribution in [2.45, 2.75) is 6.92 Å². The quantitative estimate of drug-likeness (QED) is 0.580. The lowest BCUT2D eigenvalue weighted by molar-refractivity contribution is 0.102. The number of halogens is 3. The fraction of sp³-hybridized carbons (Fsp3) is 0.227. The number of ether oxygens (including phenoxy) is 1. The molecule has 166 valence electrons. The van der Waals surface area contributed by atoms with Gasteiger partial charge in [0.25, 0.3) is 5.91 Å². The van der Waals surface area contributed by atoms with E-state index < -0.39 is 28.9 Å². The Kier molecular flexibility index (Phi) is 6.22. The third kappa shape index (κ3) is 4.80. The zero-order chi connectivity index (χ0) is 22.7. The number of aromatic nitrogens is 2. The highest BCUT2D eigenvalue weighted by Crippen LogP contribution is 2.22. The molecule has 0 spiro atoms. The van der Waals surface area contributed by atoms with Gasteiger partial charge >= 0.3 is 0 Å². The minimum Gasteiger partial charge on any atom is -0.378 e. The predicted molar refractivity (Wildman–Crippen MR) is 114 cm³/mol. The Labute approximate surface area is 182 Å². The van der Waals surface area contributed by atoms with Crippen LogP contribution in [0.25, 0.3) is 0 Å².